The molecule has 0 aliphatic heterocycles. The van der Waals surface area contributed by atoms with Crippen LogP contribution in [0.2, 0.25) is 0 Å². The fourth-order valence-electron chi connectivity index (χ4n) is 9.84. The van der Waals surface area contributed by atoms with Crippen LogP contribution in [0.5, 0.6) is 0 Å². The van der Waals surface area contributed by atoms with Gasteiger partial charge in [0, 0.05) is 6.42 Å². The largest absolute Gasteiger partial charge is 0.394 e. The first-order chi connectivity index (χ1) is 39.2. The van der Waals surface area contributed by atoms with Crippen molar-refractivity contribution < 1.29 is 15.0 Å². The first-order valence-corrected chi connectivity index (χ1v) is 33.9. The molecule has 0 aliphatic rings. The molecule has 0 heterocycles. The van der Waals surface area contributed by atoms with Gasteiger partial charge in [-0.25, -0.2) is 0 Å². The van der Waals surface area contributed by atoms with Gasteiger partial charge < -0.3 is 15.5 Å². The molecule has 0 saturated heterocycles. The van der Waals surface area contributed by atoms with Gasteiger partial charge in [0.2, 0.25) is 5.91 Å². The zero-order chi connectivity index (χ0) is 56.9. The zero-order valence-corrected chi connectivity index (χ0v) is 52.1. The highest BCUT2D eigenvalue weighted by Crippen LogP contribution is 2.18. The Morgan fingerprint density at radius 3 is 0.835 bits per heavy atom. The summed E-state index contributed by atoms with van der Waals surface area (Å²) in [6.07, 6.45) is 106. The number of hydrogen-bond donors (Lipinski definition) is 3. The Morgan fingerprint density at radius 1 is 0.316 bits per heavy atom. The number of hydrogen-bond acceptors (Lipinski definition) is 3. The molecule has 2 atom stereocenters. The van der Waals surface area contributed by atoms with E-state index in [2.05, 4.69) is 153 Å². The molecule has 0 aliphatic carbocycles. The average molecular weight is 1090 g/mol. The Balaban J connectivity index is 3.58. The van der Waals surface area contributed by atoms with E-state index in [1.165, 1.54) is 180 Å². The Bertz CT molecular complexity index is 1570. The molecule has 452 valence electrons. The fourth-order valence-corrected chi connectivity index (χ4v) is 9.84. The average Bonchev–Trinajstić information content (AvgIpc) is 3.45. The number of aliphatic hydroxyl groups excluding tert-OH is 2. The van der Waals surface area contributed by atoms with Gasteiger partial charge in [0.25, 0.3) is 0 Å². The lowest BCUT2D eigenvalue weighted by atomic mass is 10.0. The molecule has 0 fully saturated rings. The molecule has 0 bridgehead atoms. The van der Waals surface area contributed by atoms with Crippen molar-refractivity contribution in [3.05, 3.63) is 134 Å². The first kappa shape index (κ1) is 75.5. The summed E-state index contributed by atoms with van der Waals surface area (Å²) < 4.78 is 0. The van der Waals surface area contributed by atoms with Crippen LogP contribution in [0.15, 0.2) is 134 Å². The zero-order valence-electron chi connectivity index (χ0n) is 52.1. The minimum absolute atomic E-state index is 0.0440. The van der Waals surface area contributed by atoms with Crippen molar-refractivity contribution in [1.82, 2.24) is 5.32 Å². The lowest BCUT2D eigenvalue weighted by Gasteiger charge is -2.22. The summed E-state index contributed by atoms with van der Waals surface area (Å²) in [5.74, 6) is -0.0440. The van der Waals surface area contributed by atoms with Crippen molar-refractivity contribution in [2.45, 2.75) is 328 Å². The van der Waals surface area contributed by atoms with Crippen LogP contribution in [0, 0.1) is 0 Å². The van der Waals surface area contributed by atoms with Crippen LogP contribution in [-0.2, 0) is 4.79 Å². The van der Waals surface area contributed by atoms with Gasteiger partial charge in [0.15, 0.2) is 0 Å². The molecule has 0 radical (unpaired) electrons. The summed E-state index contributed by atoms with van der Waals surface area (Å²) in [6.45, 7) is 4.26. The van der Waals surface area contributed by atoms with E-state index in [9.17, 15) is 15.0 Å². The van der Waals surface area contributed by atoms with E-state index in [0.717, 1.165) is 109 Å². The SMILES string of the molecule is CC/C=C\C/C=C\C/C=C\C/C=C\C/C=C\C/C=C\C/C=C\C/C=C\C/C=C\C/C=C\C/C=C\CCCCCCCCCC(=O)NC(CO)C(O)CCCCCCCCCCCCCCCCCCCCCCCCCCCC. The van der Waals surface area contributed by atoms with Gasteiger partial charge in [-0.3, -0.25) is 4.79 Å². The van der Waals surface area contributed by atoms with Crippen molar-refractivity contribution in [2.75, 3.05) is 6.61 Å². The molecule has 0 spiro atoms. The lowest BCUT2D eigenvalue weighted by Crippen LogP contribution is -2.45. The molecule has 79 heavy (non-hydrogen) atoms. The Hall–Kier alpha value is -3.47. The quantitative estimate of drug-likeness (QED) is 0.0420. The lowest BCUT2D eigenvalue weighted by molar-refractivity contribution is -0.123. The molecule has 0 aromatic carbocycles. The van der Waals surface area contributed by atoms with Crippen LogP contribution in [0.4, 0.5) is 0 Å². The highest BCUT2D eigenvalue weighted by Gasteiger charge is 2.20. The first-order valence-electron chi connectivity index (χ1n) is 33.9. The minimum atomic E-state index is -0.675. The van der Waals surface area contributed by atoms with E-state index in [1.54, 1.807) is 0 Å². The third-order valence-corrected chi connectivity index (χ3v) is 14.9. The maximum atomic E-state index is 12.6. The van der Waals surface area contributed by atoms with E-state index in [0.29, 0.717) is 12.8 Å². The smallest absolute Gasteiger partial charge is 0.220 e. The van der Waals surface area contributed by atoms with E-state index >= 15 is 0 Å². The summed E-state index contributed by atoms with van der Waals surface area (Å²) in [7, 11) is 0. The molecule has 0 aromatic rings. The van der Waals surface area contributed by atoms with Crippen LogP contribution in [0.3, 0.4) is 0 Å². The predicted molar refractivity (Wildman–Crippen MR) is 354 cm³/mol. The second-order valence-electron chi connectivity index (χ2n) is 22.5. The molecule has 4 heteroatoms. The van der Waals surface area contributed by atoms with Crippen LogP contribution < -0.4 is 5.32 Å². The summed E-state index contributed by atoms with van der Waals surface area (Å²) in [5.41, 5.74) is 0. The van der Waals surface area contributed by atoms with Crippen molar-refractivity contribution >= 4 is 5.91 Å². The van der Waals surface area contributed by atoms with Crippen molar-refractivity contribution in [3.63, 3.8) is 0 Å². The molecule has 0 saturated carbocycles. The van der Waals surface area contributed by atoms with Crippen molar-refractivity contribution in [3.8, 4) is 0 Å². The van der Waals surface area contributed by atoms with Crippen molar-refractivity contribution in [2.24, 2.45) is 0 Å². The number of amides is 1. The number of allylic oxidation sites excluding steroid dienone is 22. The monoisotopic (exact) mass is 1090 g/mol. The summed E-state index contributed by atoms with van der Waals surface area (Å²) >= 11 is 0. The molecule has 3 N–H and O–H groups in total. The van der Waals surface area contributed by atoms with E-state index in [4.69, 9.17) is 0 Å². The van der Waals surface area contributed by atoms with Gasteiger partial charge in [-0.2, -0.15) is 0 Å². The van der Waals surface area contributed by atoms with E-state index in [-0.39, 0.29) is 12.5 Å². The molecule has 0 rings (SSSR count). The topological polar surface area (TPSA) is 69.6 Å². The predicted octanol–water partition coefficient (Wildman–Crippen LogP) is 23.3. The second kappa shape index (κ2) is 68.8. The van der Waals surface area contributed by atoms with Crippen LogP contribution in [-0.4, -0.2) is 34.9 Å². The number of carbonyl (C=O) groups excluding carboxylic acids is 1. The van der Waals surface area contributed by atoms with Gasteiger partial charge in [-0.05, 0) is 96.3 Å². The molecule has 4 nitrogen and oxygen atoms in total. The van der Waals surface area contributed by atoms with Crippen LogP contribution >= 0.6 is 0 Å². The van der Waals surface area contributed by atoms with Gasteiger partial charge >= 0.3 is 0 Å². The van der Waals surface area contributed by atoms with Gasteiger partial charge in [-0.1, -0.05) is 347 Å². The fraction of sp³-hybridized carbons (Fsp3) is 0.693. The molecule has 2 unspecified atom stereocenters. The summed E-state index contributed by atoms with van der Waals surface area (Å²) in [5, 5.41) is 23.4. The normalized spacial score (nSPS) is 13.6. The third kappa shape index (κ3) is 65.2. The number of nitrogens with one attached hydrogen (secondary N) is 1. The standard InChI is InChI=1S/C75H129NO3/c1-3-5-7-9-11-13-15-17-19-21-23-25-27-29-31-32-33-34-35-36-37-38-39-40-41-42-43-44-45-47-49-51-53-55-57-59-61-63-65-67-69-71-75(79)76-73(72-77)74(78)70-68-66-64-62-60-58-56-54-52-50-48-46-30-28-26-24-22-20-18-16-14-12-10-8-6-4-2/h5,7,11,13,17,19,23,25,29,31,33-34,36-37,39-40,42-43,45,47,51,53,73-74,77-78H,3-4,6,8-10,12,14-16,18,20-22,24,26-28,30,32,35,38,41,44,46,48-50,52,54-72H2,1-2H3,(H,76,79)/b7-5-,13-11-,19-17-,25-23-,31-29-,34-33-,37-36-,40-39-,43-42-,47-45-,53-51-. The van der Waals surface area contributed by atoms with E-state index < -0.39 is 12.1 Å². The van der Waals surface area contributed by atoms with Gasteiger partial charge in [0.05, 0.1) is 18.8 Å². The van der Waals surface area contributed by atoms with Gasteiger partial charge in [-0.15, -0.1) is 0 Å². The van der Waals surface area contributed by atoms with Gasteiger partial charge in [0.1, 0.15) is 0 Å². The second-order valence-corrected chi connectivity index (χ2v) is 22.5. The van der Waals surface area contributed by atoms with Crippen LogP contribution in [0.1, 0.15) is 316 Å². The highest BCUT2D eigenvalue weighted by molar-refractivity contribution is 5.76. The Labute approximate surface area is 491 Å². The number of rotatable bonds is 61. The Morgan fingerprint density at radius 2 is 0.557 bits per heavy atom. The third-order valence-electron chi connectivity index (χ3n) is 14.9. The van der Waals surface area contributed by atoms with Crippen molar-refractivity contribution in [1.29, 1.82) is 0 Å². The maximum absolute atomic E-state index is 12.6. The maximum Gasteiger partial charge on any atom is 0.220 e. The molecule has 0 aromatic heterocycles. The molecular weight excluding hydrogens is 963 g/mol. The summed E-state index contributed by atoms with van der Waals surface area (Å²) in [6, 6.07) is -0.553. The Kier molecular flexibility index (Phi) is 65.8. The molecule has 1 amide bonds. The minimum Gasteiger partial charge on any atom is -0.394 e. The summed E-state index contributed by atoms with van der Waals surface area (Å²) in [4.78, 5) is 12.6. The number of aliphatic hydroxyl groups is 2. The van der Waals surface area contributed by atoms with E-state index in [1.807, 2.05) is 0 Å². The highest BCUT2D eigenvalue weighted by atomic mass is 16.3. The van der Waals surface area contributed by atoms with Crippen LogP contribution in [0.25, 0.3) is 0 Å². The number of unbranched alkanes of at least 4 members (excludes halogenated alkanes) is 32. The number of carbonyl (C=O) groups is 1. The molecular formula is C75H129NO3.